The molecule has 0 spiro atoms. The predicted molar refractivity (Wildman–Crippen MR) is 86.1 cm³/mol. The van der Waals surface area contributed by atoms with Crippen molar-refractivity contribution in [2.75, 3.05) is 14.2 Å². The molecule has 0 aromatic heterocycles. The van der Waals surface area contributed by atoms with Gasteiger partial charge >= 0.3 is 6.18 Å². The van der Waals surface area contributed by atoms with E-state index in [2.05, 4.69) is 5.10 Å². The minimum Gasteiger partial charge on any atom is -0.493 e. The number of ether oxygens (including phenoxy) is 2. The van der Waals surface area contributed by atoms with Crippen LogP contribution in [-0.4, -0.2) is 47.9 Å². The molecule has 0 radical (unpaired) electrons. The zero-order valence-corrected chi connectivity index (χ0v) is 14.3. The monoisotopic (exact) mass is 372 g/mol. The van der Waals surface area contributed by atoms with Crippen LogP contribution in [0.2, 0.25) is 0 Å². The van der Waals surface area contributed by atoms with Gasteiger partial charge in [0.2, 0.25) is 0 Å². The van der Waals surface area contributed by atoms with Crippen LogP contribution in [0.1, 0.15) is 36.0 Å². The van der Waals surface area contributed by atoms with Crippen molar-refractivity contribution < 1.29 is 32.5 Å². The van der Waals surface area contributed by atoms with Crippen molar-refractivity contribution in [1.82, 2.24) is 5.01 Å². The molecule has 1 aliphatic heterocycles. The number of carbonyl (C=O) groups excluding carboxylic acids is 1. The Balaban J connectivity index is 2.03. The maximum atomic E-state index is 13.7. The zero-order valence-electron chi connectivity index (χ0n) is 14.3. The first-order chi connectivity index (χ1) is 12.2. The number of benzene rings is 1. The number of hydrogen-bond acceptors (Lipinski definition) is 5. The number of rotatable bonds is 3. The number of alkyl halides is 3. The molecule has 9 heteroatoms. The van der Waals surface area contributed by atoms with Gasteiger partial charge in [0.05, 0.1) is 20.1 Å². The molecular weight excluding hydrogens is 353 g/mol. The third-order valence-corrected chi connectivity index (χ3v) is 4.86. The number of hydrazone groups is 1. The largest absolute Gasteiger partial charge is 0.493 e. The van der Waals surface area contributed by atoms with Gasteiger partial charge in [-0.1, -0.05) is 6.42 Å². The van der Waals surface area contributed by atoms with Gasteiger partial charge < -0.3 is 14.6 Å². The van der Waals surface area contributed by atoms with Crippen LogP contribution in [-0.2, 0) is 0 Å². The summed E-state index contributed by atoms with van der Waals surface area (Å²) in [7, 11) is 2.75. The molecule has 0 saturated heterocycles. The molecule has 1 aliphatic carbocycles. The van der Waals surface area contributed by atoms with Crippen molar-refractivity contribution in [2.24, 2.45) is 11.0 Å². The third-order valence-electron chi connectivity index (χ3n) is 4.86. The summed E-state index contributed by atoms with van der Waals surface area (Å²) < 4.78 is 51.4. The number of amides is 1. The molecule has 3 rings (SSSR count). The van der Waals surface area contributed by atoms with Crippen molar-refractivity contribution in [1.29, 1.82) is 0 Å². The maximum Gasteiger partial charge on any atom is 0.439 e. The molecule has 1 saturated carbocycles. The van der Waals surface area contributed by atoms with E-state index >= 15 is 0 Å². The molecule has 1 fully saturated rings. The van der Waals surface area contributed by atoms with E-state index in [9.17, 15) is 23.1 Å². The van der Waals surface area contributed by atoms with Crippen LogP contribution in [0.3, 0.4) is 0 Å². The second-order valence-electron chi connectivity index (χ2n) is 6.30. The Bertz CT molecular complexity index is 750. The molecule has 1 N–H and O–H groups in total. The predicted octanol–water partition coefficient (Wildman–Crippen LogP) is 2.96. The first-order valence-corrected chi connectivity index (χ1v) is 8.17. The normalized spacial score (nSPS) is 25.5. The molecule has 1 amide bonds. The average Bonchev–Trinajstić information content (AvgIpc) is 2.94. The van der Waals surface area contributed by atoms with Crippen molar-refractivity contribution in [2.45, 2.75) is 37.6 Å². The van der Waals surface area contributed by atoms with Gasteiger partial charge in [-0.15, -0.1) is 0 Å². The molecule has 0 bridgehead atoms. The number of nitrogens with zero attached hydrogens (tertiary/aromatic N) is 2. The lowest BCUT2D eigenvalue weighted by molar-refractivity contribution is -0.312. The molecule has 6 nitrogen and oxygen atoms in total. The second kappa shape index (κ2) is 6.46. The van der Waals surface area contributed by atoms with Gasteiger partial charge in [-0.2, -0.15) is 23.3 Å². The van der Waals surface area contributed by atoms with Crippen LogP contribution in [0.5, 0.6) is 11.5 Å². The summed E-state index contributed by atoms with van der Waals surface area (Å²) in [5, 5.41) is 14.6. The van der Waals surface area contributed by atoms with Crippen LogP contribution in [0, 0.1) is 5.92 Å². The fourth-order valence-electron chi connectivity index (χ4n) is 3.51. The van der Waals surface area contributed by atoms with Gasteiger partial charge in [0, 0.05) is 11.3 Å². The molecule has 2 aliphatic rings. The van der Waals surface area contributed by atoms with Gasteiger partial charge in [0.15, 0.2) is 11.5 Å². The fourth-order valence-corrected chi connectivity index (χ4v) is 3.51. The quantitative estimate of drug-likeness (QED) is 0.886. The molecule has 1 aromatic carbocycles. The van der Waals surface area contributed by atoms with E-state index in [4.69, 9.17) is 9.47 Å². The highest BCUT2D eigenvalue weighted by molar-refractivity contribution is 5.99. The molecule has 26 heavy (non-hydrogen) atoms. The van der Waals surface area contributed by atoms with E-state index in [1.54, 1.807) is 0 Å². The van der Waals surface area contributed by atoms with E-state index in [0.717, 1.165) is 0 Å². The SMILES string of the molecule is COc1ccc(C(=O)N2N=C3CCCC[C@H]3[C@@]2(O)C(F)(F)F)cc1OC. The number of methoxy groups -OCH3 is 2. The molecule has 1 aromatic rings. The molecule has 142 valence electrons. The van der Waals surface area contributed by atoms with Crippen LogP contribution < -0.4 is 9.47 Å². The molecule has 1 heterocycles. The van der Waals surface area contributed by atoms with E-state index in [1.165, 1.54) is 32.4 Å². The average molecular weight is 372 g/mol. The lowest BCUT2D eigenvalue weighted by Crippen LogP contribution is -2.61. The number of aliphatic hydroxyl groups is 1. The van der Waals surface area contributed by atoms with Gasteiger partial charge in [0.1, 0.15) is 0 Å². The van der Waals surface area contributed by atoms with E-state index in [-0.39, 0.29) is 28.5 Å². The first-order valence-electron chi connectivity index (χ1n) is 8.17. The summed E-state index contributed by atoms with van der Waals surface area (Å²) >= 11 is 0. The smallest absolute Gasteiger partial charge is 0.439 e. The Morgan fingerprint density at radius 3 is 2.58 bits per heavy atom. The van der Waals surface area contributed by atoms with Gasteiger partial charge in [-0.25, -0.2) is 0 Å². The van der Waals surface area contributed by atoms with Crippen molar-refractivity contribution in [3.63, 3.8) is 0 Å². The first kappa shape index (κ1) is 18.5. The minimum absolute atomic E-state index is 0.0895. The Labute approximate surface area is 148 Å². The number of carbonyl (C=O) groups is 1. The fraction of sp³-hybridized carbons (Fsp3) is 0.529. The van der Waals surface area contributed by atoms with E-state index in [0.29, 0.717) is 25.0 Å². The zero-order chi connectivity index (χ0) is 19.1. The number of fused-ring (bicyclic) bond motifs is 1. The van der Waals surface area contributed by atoms with Crippen molar-refractivity contribution >= 4 is 11.6 Å². The minimum atomic E-state index is -5.04. The summed E-state index contributed by atoms with van der Waals surface area (Å²) in [6.45, 7) is 0. The summed E-state index contributed by atoms with van der Waals surface area (Å²) in [6, 6.07) is 3.98. The highest BCUT2D eigenvalue weighted by Crippen LogP contribution is 2.48. The van der Waals surface area contributed by atoms with E-state index in [1.807, 2.05) is 0 Å². The van der Waals surface area contributed by atoms with Crippen LogP contribution in [0.15, 0.2) is 23.3 Å². The summed E-state index contributed by atoms with van der Waals surface area (Å²) in [5.41, 5.74) is -3.22. The Morgan fingerprint density at radius 1 is 1.27 bits per heavy atom. The second-order valence-corrected chi connectivity index (χ2v) is 6.30. The summed E-state index contributed by atoms with van der Waals surface area (Å²) in [5.74, 6) is -1.76. The lowest BCUT2D eigenvalue weighted by atomic mass is 9.80. The maximum absolute atomic E-state index is 13.7. The summed E-state index contributed by atoms with van der Waals surface area (Å²) in [4.78, 5) is 12.8. The third kappa shape index (κ3) is 2.70. The lowest BCUT2D eigenvalue weighted by Gasteiger charge is -2.38. The van der Waals surface area contributed by atoms with Crippen molar-refractivity contribution in [3.05, 3.63) is 23.8 Å². The Morgan fingerprint density at radius 2 is 1.96 bits per heavy atom. The van der Waals surface area contributed by atoms with Crippen LogP contribution in [0.25, 0.3) is 0 Å². The molecule has 0 unspecified atom stereocenters. The highest BCUT2D eigenvalue weighted by Gasteiger charge is 2.68. The Kier molecular flexibility index (Phi) is 4.60. The summed E-state index contributed by atoms with van der Waals surface area (Å²) in [6.07, 6.45) is -3.35. The topological polar surface area (TPSA) is 71.4 Å². The molecular formula is C17H19F3N2O4. The van der Waals surface area contributed by atoms with Crippen LogP contribution in [0.4, 0.5) is 13.2 Å². The number of hydrogen-bond donors (Lipinski definition) is 1. The van der Waals surface area contributed by atoms with Crippen molar-refractivity contribution in [3.8, 4) is 11.5 Å². The van der Waals surface area contributed by atoms with Gasteiger partial charge in [-0.05, 0) is 37.5 Å². The molecule has 2 atom stereocenters. The van der Waals surface area contributed by atoms with E-state index < -0.39 is 23.7 Å². The Hall–Kier alpha value is -2.29. The number of halogens is 3. The van der Waals surface area contributed by atoms with Gasteiger partial charge in [-0.3, -0.25) is 4.79 Å². The highest BCUT2D eigenvalue weighted by atomic mass is 19.4. The van der Waals surface area contributed by atoms with Crippen LogP contribution >= 0.6 is 0 Å². The van der Waals surface area contributed by atoms with Gasteiger partial charge in [0.25, 0.3) is 11.6 Å². The standard InChI is InChI=1S/C17H19F3N2O4/c1-25-13-8-7-10(9-14(13)26-2)15(23)22-16(24,17(18,19)20)11-5-3-4-6-12(11)21-22/h7-9,11,24H,3-6H2,1-2H3/t11-,16-/m1/s1.